The number of aliphatic hydroxyl groups is 10. The predicted molar refractivity (Wildman–Crippen MR) is 144 cm³/mol. The van der Waals surface area contributed by atoms with Crippen LogP contribution in [0.4, 0.5) is 0 Å². The SMILES string of the molecule is CO[C@@H]1O[C@H](CO)[C@H](O)[C@H](OCc2cn([C@@H]3O[C@H](CO)[C@H](O)[C@H](OCc4cn([C@@H]5O[C@H](CO)[C@H](O)[C@H](O)[C@H]5O)nn4)[C@H]3O)nn2)[C@H]1O. The maximum atomic E-state index is 11.1. The Morgan fingerprint density at radius 1 is 0.596 bits per heavy atom. The molecule has 0 unspecified atom stereocenters. The van der Waals surface area contributed by atoms with E-state index in [-0.39, 0.29) is 24.6 Å². The molecule has 47 heavy (non-hydrogen) atoms. The van der Waals surface area contributed by atoms with Crippen LogP contribution in [0, 0.1) is 0 Å². The van der Waals surface area contributed by atoms with E-state index in [2.05, 4.69) is 20.6 Å². The summed E-state index contributed by atoms with van der Waals surface area (Å²) in [5.74, 6) is 0. The summed E-state index contributed by atoms with van der Waals surface area (Å²) in [6, 6.07) is 0. The van der Waals surface area contributed by atoms with Crippen molar-refractivity contribution < 1.29 is 79.5 Å². The normalized spacial score (nSPS) is 41.3. The van der Waals surface area contributed by atoms with Crippen LogP contribution in [0.25, 0.3) is 0 Å². The summed E-state index contributed by atoms with van der Waals surface area (Å²) < 4.78 is 35.0. The molecule has 266 valence electrons. The van der Waals surface area contributed by atoms with E-state index < -0.39 is 112 Å². The third-order valence-corrected chi connectivity index (χ3v) is 8.25. The third kappa shape index (κ3) is 7.32. The Kier molecular flexibility index (Phi) is 11.8. The van der Waals surface area contributed by atoms with E-state index in [4.69, 9.17) is 28.4 Å². The molecule has 0 aromatic carbocycles. The first kappa shape index (κ1) is 35.9. The largest absolute Gasteiger partial charge is 0.394 e. The van der Waals surface area contributed by atoms with Crippen LogP contribution in [0.2, 0.25) is 0 Å². The molecule has 2 aromatic rings. The lowest BCUT2D eigenvalue weighted by Crippen LogP contribution is -2.59. The van der Waals surface area contributed by atoms with Gasteiger partial charge in [0.05, 0.1) is 45.4 Å². The number of hydrogen-bond donors (Lipinski definition) is 10. The highest BCUT2D eigenvalue weighted by atomic mass is 16.7. The standard InChI is InChI=1S/C25H40N6O16/c1-42-25-20(41)22(16(37)13(6-34)47-25)44-8-10-3-31(29-27-10)24-19(40)21(15(36)12(5-33)46-24)43-7-9-2-30(28-26-9)23-18(39)17(38)14(35)11(4-32)45-23/h2-3,11-25,32-41H,4-8H2,1H3/t11-,12-,13-,14+,15+,16+,17+,18-,19-,20-,21+,22+,23-,24-,25-/m1/s1. The smallest absolute Gasteiger partial charge is 0.186 e. The zero-order chi connectivity index (χ0) is 34.0. The van der Waals surface area contributed by atoms with Gasteiger partial charge < -0.3 is 79.5 Å². The topological polar surface area (TPSA) is 319 Å². The molecule has 0 amide bonds. The minimum absolute atomic E-state index is 0.141. The molecule has 5 rings (SSSR count). The average molecular weight is 681 g/mol. The molecule has 22 nitrogen and oxygen atoms in total. The highest BCUT2D eigenvalue weighted by Crippen LogP contribution is 2.32. The zero-order valence-corrected chi connectivity index (χ0v) is 25.0. The van der Waals surface area contributed by atoms with Crippen LogP contribution in [0.3, 0.4) is 0 Å². The van der Waals surface area contributed by atoms with Gasteiger partial charge in [0.15, 0.2) is 18.7 Å². The summed E-state index contributed by atoms with van der Waals surface area (Å²) in [5.41, 5.74) is 0.317. The fourth-order valence-electron chi connectivity index (χ4n) is 5.60. The Hall–Kier alpha value is -2.36. The minimum Gasteiger partial charge on any atom is -0.394 e. The maximum absolute atomic E-state index is 11.1. The van der Waals surface area contributed by atoms with Gasteiger partial charge in [0.25, 0.3) is 0 Å². The molecular weight excluding hydrogens is 640 g/mol. The molecule has 5 heterocycles. The van der Waals surface area contributed by atoms with Gasteiger partial charge in [-0.2, -0.15) is 0 Å². The monoisotopic (exact) mass is 680 g/mol. The molecule has 22 heteroatoms. The van der Waals surface area contributed by atoms with E-state index in [1.807, 2.05) is 0 Å². The molecule has 3 aliphatic heterocycles. The first-order valence-corrected chi connectivity index (χ1v) is 14.7. The van der Waals surface area contributed by atoms with Gasteiger partial charge in [-0.15, -0.1) is 10.2 Å². The van der Waals surface area contributed by atoms with Crippen molar-refractivity contribution in [3.63, 3.8) is 0 Å². The Morgan fingerprint density at radius 2 is 1.04 bits per heavy atom. The highest BCUT2D eigenvalue weighted by molar-refractivity contribution is 4.99. The summed E-state index contributed by atoms with van der Waals surface area (Å²) in [6.07, 6.45) is -17.9. The van der Waals surface area contributed by atoms with Crippen molar-refractivity contribution in [1.29, 1.82) is 0 Å². The molecule has 0 spiro atoms. The molecule has 0 radical (unpaired) electrons. The van der Waals surface area contributed by atoms with Gasteiger partial charge in [0.1, 0.15) is 84.6 Å². The molecule has 3 aliphatic rings. The highest BCUT2D eigenvalue weighted by Gasteiger charge is 2.48. The van der Waals surface area contributed by atoms with Crippen molar-refractivity contribution in [2.75, 3.05) is 26.9 Å². The first-order chi connectivity index (χ1) is 22.5. The van der Waals surface area contributed by atoms with Crippen molar-refractivity contribution in [3.05, 3.63) is 23.8 Å². The molecule has 3 saturated heterocycles. The number of rotatable bonds is 12. The fraction of sp³-hybridized carbons (Fsp3) is 0.840. The first-order valence-electron chi connectivity index (χ1n) is 14.7. The van der Waals surface area contributed by atoms with Crippen LogP contribution in [0.5, 0.6) is 0 Å². The molecule has 0 aliphatic carbocycles. The van der Waals surface area contributed by atoms with Gasteiger partial charge in [-0.05, 0) is 0 Å². The summed E-state index contributed by atoms with van der Waals surface area (Å²) in [4.78, 5) is 0. The second-order valence-corrected chi connectivity index (χ2v) is 11.3. The predicted octanol–water partition coefficient (Wildman–Crippen LogP) is -6.99. The van der Waals surface area contributed by atoms with E-state index in [1.165, 1.54) is 19.5 Å². The molecule has 3 fully saturated rings. The lowest BCUT2D eigenvalue weighted by atomic mass is 9.98. The van der Waals surface area contributed by atoms with Crippen LogP contribution in [-0.2, 0) is 41.6 Å². The number of hydrogen-bond acceptors (Lipinski definition) is 20. The molecule has 15 atom stereocenters. The molecule has 2 aromatic heterocycles. The Labute approximate surface area is 265 Å². The zero-order valence-electron chi connectivity index (χ0n) is 25.0. The van der Waals surface area contributed by atoms with Gasteiger partial charge in [-0.1, -0.05) is 10.4 Å². The van der Waals surface area contributed by atoms with E-state index >= 15 is 0 Å². The average Bonchev–Trinajstić information content (AvgIpc) is 3.74. The van der Waals surface area contributed by atoms with E-state index in [1.54, 1.807) is 0 Å². The van der Waals surface area contributed by atoms with Gasteiger partial charge in [-0.25, -0.2) is 9.36 Å². The second-order valence-electron chi connectivity index (χ2n) is 11.3. The lowest BCUT2D eigenvalue weighted by molar-refractivity contribution is -0.303. The number of aliphatic hydroxyl groups excluding tert-OH is 10. The number of ether oxygens (including phenoxy) is 6. The quantitative estimate of drug-likeness (QED) is 0.0995. The molecular formula is C25H40N6O16. The van der Waals surface area contributed by atoms with E-state index in [0.717, 1.165) is 9.36 Å². The maximum Gasteiger partial charge on any atom is 0.186 e. The Balaban J connectivity index is 1.23. The Morgan fingerprint density at radius 3 is 1.53 bits per heavy atom. The molecule has 10 N–H and O–H groups in total. The fourth-order valence-corrected chi connectivity index (χ4v) is 5.60. The van der Waals surface area contributed by atoms with Crippen LogP contribution >= 0.6 is 0 Å². The summed E-state index contributed by atoms with van der Waals surface area (Å²) in [6.45, 7) is -2.48. The van der Waals surface area contributed by atoms with Crippen molar-refractivity contribution >= 4 is 0 Å². The van der Waals surface area contributed by atoms with Crippen LogP contribution < -0.4 is 0 Å². The van der Waals surface area contributed by atoms with Gasteiger partial charge in [0.2, 0.25) is 0 Å². The van der Waals surface area contributed by atoms with Gasteiger partial charge in [-0.3, -0.25) is 0 Å². The second kappa shape index (κ2) is 15.5. The molecule has 0 bridgehead atoms. The van der Waals surface area contributed by atoms with Crippen molar-refractivity contribution in [1.82, 2.24) is 30.0 Å². The van der Waals surface area contributed by atoms with E-state index in [9.17, 15) is 51.1 Å². The third-order valence-electron chi connectivity index (χ3n) is 8.25. The minimum atomic E-state index is -1.64. The number of aromatic nitrogens is 6. The van der Waals surface area contributed by atoms with Crippen molar-refractivity contribution in [2.45, 2.75) is 105 Å². The van der Waals surface area contributed by atoms with Gasteiger partial charge in [0, 0.05) is 7.11 Å². The van der Waals surface area contributed by atoms with Crippen LogP contribution in [0.1, 0.15) is 23.8 Å². The summed E-state index contributed by atoms with van der Waals surface area (Å²) in [5, 5.41) is 118. The van der Waals surface area contributed by atoms with Crippen molar-refractivity contribution in [2.24, 2.45) is 0 Å². The number of methoxy groups -OCH3 is 1. The Bertz CT molecular complexity index is 1260. The van der Waals surface area contributed by atoms with Crippen LogP contribution in [0.15, 0.2) is 12.4 Å². The summed E-state index contributed by atoms with van der Waals surface area (Å²) in [7, 11) is 1.28. The summed E-state index contributed by atoms with van der Waals surface area (Å²) >= 11 is 0. The molecule has 0 saturated carbocycles. The van der Waals surface area contributed by atoms with Gasteiger partial charge >= 0.3 is 0 Å². The lowest BCUT2D eigenvalue weighted by Gasteiger charge is -2.41. The van der Waals surface area contributed by atoms with Crippen molar-refractivity contribution in [3.8, 4) is 0 Å². The van der Waals surface area contributed by atoms with E-state index in [0.29, 0.717) is 0 Å². The number of nitrogens with zero attached hydrogens (tertiary/aromatic N) is 6. The van der Waals surface area contributed by atoms with Crippen LogP contribution in [-0.4, -0.2) is 188 Å².